The van der Waals surface area contributed by atoms with Crippen LogP contribution in [-0.4, -0.2) is 115 Å². The van der Waals surface area contributed by atoms with Gasteiger partial charge in [0.15, 0.2) is 0 Å². The number of carbonyl (C=O) groups excluding carboxylic acids is 3. The summed E-state index contributed by atoms with van der Waals surface area (Å²) >= 11 is 0. The van der Waals surface area contributed by atoms with Gasteiger partial charge in [0.2, 0.25) is 11.8 Å². The maximum atomic E-state index is 14.2. The molecular formula is C38H51N7O4S. The standard InChI is InChI=1S/C38H51N7O4S/c1-50(2,49)44-20-11-29(12-21-44)28-9-16-43(17-10-28)37(47)31(23-27-7-8-35-32(24-27)26-39-41-35)25-36(46)42-18-14-33(15-19-42)45-22-13-30-5-3-4-6-34(30)40-38(45)48/h3-8,24,26,28-29,31,33H,1,9-23,25H2,2H3,(H,39,41)(H,40,48). The smallest absolute Gasteiger partial charge is 0.322 e. The molecule has 4 amide bonds. The molecule has 0 aliphatic carbocycles. The van der Waals surface area contributed by atoms with Crippen LogP contribution in [0.25, 0.3) is 10.9 Å². The molecule has 0 spiro atoms. The third-order valence-electron chi connectivity index (χ3n) is 11.7. The fourth-order valence-electron chi connectivity index (χ4n) is 8.74. The number of rotatable bonds is 8. The molecule has 1 aromatic heterocycles. The Morgan fingerprint density at radius 3 is 2.32 bits per heavy atom. The fraction of sp³-hybridized carbons (Fsp3) is 0.553. The van der Waals surface area contributed by atoms with E-state index in [1.807, 2.05) is 49.3 Å². The SMILES string of the molecule is C=S(C)(=O)N1CCC(C2CCN(C(=O)C(CC(=O)N3CCC(N4CCc5ccccc5NC4=O)CC3)Cc3ccc4[nH]ncc4c3)CC2)CC1. The lowest BCUT2D eigenvalue weighted by molar-refractivity contribution is -0.143. The number of urea groups is 1. The summed E-state index contributed by atoms with van der Waals surface area (Å²) in [4.78, 5) is 47.1. The molecular weight excluding hydrogens is 651 g/mol. The van der Waals surface area contributed by atoms with Crippen LogP contribution in [0.15, 0.2) is 48.7 Å². The number of hydrogen-bond donors (Lipinski definition) is 2. The number of piperidine rings is 3. The molecule has 2 atom stereocenters. The molecule has 7 rings (SSSR count). The van der Waals surface area contributed by atoms with Gasteiger partial charge in [-0.05, 0) is 98.4 Å². The van der Waals surface area contributed by atoms with Crippen molar-refractivity contribution >= 4 is 50.0 Å². The van der Waals surface area contributed by atoms with E-state index in [1.165, 1.54) is 0 Å². The van der Waals surface area contributed by atoms with Crippen LogP contribution in [0.5, 0.6) is 0 Å². The summed E-state index contributed by atoms with van der Waals surface area (Å²) in [7, 11) is -2.16. The quantitative estimate of drug-likeness (QED) is 0.338. The summed E-state index contributed by atoms with van der Waals surface area (Å²) in [5.41, 5.74) is 3.99. The molecule has 0 radical (unpaired) electrons. The van der Waals surface area contributed by atoms with Crippen molar-refractivity contribution in [3.8, 4) is 0 Å². The van der Waals surface area contributed by atoms with Crippen molar-refractivity contribution in [2.75, 3.05) is 57.4 Å². The first-order chi connectivity index (χ1) is 24.1. The van der Waals surface area contributed by atoms with Crippen molar-refractivity contribution in [2.45, 2.75) is 63.8 Å². The van der Waals surface area contributed by atoms with Gasteiger partial charge < -0.3 is 20.0 Å². The van der Waals surface area contributed by atoms with Gasteiger partial charge in [-0.1, -0.05) is 24.3 Å². The van der Waals surface area contributed by atoms with Crippen LogP contribution in [0, 0.1) is 17.8 Å². The Kier molecular flexibility index (Phi) is 10.2. The van der Waals surface area contributed by atoms with Crippen molar-refractivity contribution in [3.05, 3.63) is 59.8 Å². The summed E-state index contributed by atoms with van der Waals surface area (Å²) < 4.78 is 14.5. The Morgan fingerprint density at radius 1 is 0.920 bits per heavy atom. The molecule has 2 aromatic carbocycles. The van der Waals surface area contributed by atoms with E-state index >= 15 is 0 Å². The highest BCUT2D eigenvalue weighted by Crippen LogP contribution is 2.34. The number of fused-ring (bicyclic) bond motifs is 2. The van der Waals surface area contributed by atoms with E-state index < -0.39 is 15.6 Å². The number of hydrogen-bond acceptors (Lipinski definition) is 5. The van der Waals surface area contributed by atoms with Crippen LogP contribution in [0.1, 0.15) is 56.1 Å². The monoisotopic (exact) mass is 701 g/mol. The first-order valence-electron chi connectivity index (χ1n) is 18.3. The lowest BCUT2D eigenvalue weighted by Gasteiger charge is -2.41. The normalized spacial score (nSPS) is 22.1. The number of nitrogens with one attached hydrogen (secondary N) is 2. The number of amides is 4. The van der Waals surface area contributed by atoms with Crippen LogP contribution in [0.4, 0.5) is 10.5 Å². The van der Waals surface area contributed by atoms with E-state index in [1.54, 1.807) is 12.5 Å². The number of aromatic nitrogens is 2. The first-order valence-corrected chi connectivity index (χ1v) is 20.4. The molecule has 3 fully saturated rings. The molecule has 5 heterocycles. The van der Waals surface area contributed by atoms with Crippen molar-refractivity contribution in [1.82, 2.24) is 29.2 Å². The minimum atomic E-state index is -2.16. The second-order valence-corrected chi connectivity index (χ2v) is 17.4. The number of H-pyrrole nitrogens is 1. The van der Waals surface area contributed by atoms with Crippen molar-refractivity contribution in [2.24, 2.45) is 17.8 Å². The number of nitrogens with zero attached hydrogens (tertiary/aromatic N) is 5. The Labute approximate surface area is 295 Å². The van der Waals surface area contributed by atoms with Gasteiger partial charge in [-0.2, -0.15) is 5.10 Å². The van der Waals surface area contributed by atoms with Gasteiger partial charge in [0.1, 0.15) is 0 Å². The van der Waals surface area contributed by atoms with Crippen LogP contribution < -0.4 is 5.32 Å². The van der Waals surface area contributed by atoms with Gasteiger partial charge in [-0.25, -0.2) is 9.10 Å². The number of anilines is 1. The van der Waals surface area contributed by atoms with Gasteiger partial charge in [0, 0.05) is 85.3 Å². The topological polar surface area (TPSA) is 122 Å². The lowest BCUT2D eigenvalue weighted by Crippen LogP contribution is -2.50. The maximum absolute atomic E-state index is 14.2. The number of carbonyl (C=O) groups is 3. The Bertz CT molecular complexity index is 1800. The van der Waals surface area contributed by atoms with Gasteiger partial charge >= 0.3 is 6.03 Å². The lowest BCUT2D eigenvalue weighted by atomic mass is 9.79. The summed E-state index contributed by atoms with van der Waals surface area (Å²) in [5, 5.41) is 11.2. The average Bonchev–Trinajstić information content (AvgIpc) is 3.53. The molecule has 3 saturated heterocycles. The molecule has 11 nitrogen and oxygen atoms in total. The predicted octanol–water partition coefficient (Wildman–Crippen LogP) is 4.40. The highest BCUT2D eigenvalue weighted by atomic mass is 32.2. The number of aromatic amines is 1. The minimum Gasteiger partial charge on any atom is -0.343 e. The molecule has 2 N–H and O–H groups in total. The molecule has 268 valence electrons. The summed E-state index contributed by atoms with van der Waals surface area (Å²) in [6.07, 6.45) is 10.4. The summed E-state index contributed by atoms with van der Waals surface area (Å²) in [5.74, 6) is 4.64. The Morgan fingerprint density at radius 2 is 1.60 bits per heavy atom. The molecule has 2 unspecified atom stereocenters. The van der Waals surface area contributed by atoms with Crippen LogP contribution >= 0.6 is 0 Å². The van der Waals surface area contributed by atoms with E-state index in [0.717, 1.165) is 85.8 Å². The van der Waals surface area contributed by atoms with Gasteiger partial charge in [-0.3, -0.25) is 18.9 Å². The number of para-hydroxylation sites is 1. The number of likely N-dealkylation sites (tertiary alicyclic amines) is 2. The van der Waals surface area contributed by atoms with E-state index in [-0.39, 0.29) is 30.3 Å². The summed E-state index contributed by atoms with van der Waals surface area (Å²) in [6.45, 7) is 4.88. The number of benzene rings is 2. The molecule has 0 bridgehead atoms. The molecule has 3 aromatic rings. The van der Waals surface area contributed by atoms with E-state index in [9.17, 15) is 18.6 Å². The minimum absolute atomic E-state index is 0.0125. The average molecular weight is 702 g/mol. The molecule has 4 aliphatic rings. The zero-order valence-corrected chi connectivity index (χ0v) is 30.0. The van der Waals surface area contributed by atoms with Gasteiger partial charge in [0.05, 0.1) is 17.6 Å². The first kappa shape index (κ1) is 34.5. The molecule has 50 heavy (non-hydrogen) atoms. The molecule has 0 saturated carbocycles. The van der Waals surface area contributed by atoms with Crippen molar-refractivity contribution in [1.29, 1.82) is 0 Å². The maximum Gasteiger partial charge on any atom is 0.322 e. The predicted molar refractivity (Wildman–Crippen MR) is 198 cm³/mol. The highest BCUT2D eigenvalue weighted by Gasteiger charge is 2.36. The van der Waals surface area contributed by atoms with Gasteiger partial charge in [0.25, 0.3) is 0 Å². The zero-order valence-electron chi connectivity index (χ0n) is 29.2. The van der Waals surface area contributed by atoms with Crippen molar-refractivity contribution in [3.63, 3.8) is 0 Å². The fourth-order valence-corrected chi connectivity index (χ4v) is 9.72. The van der Waals surface area contributed by atoms with E-state index in [0.29, 0.717) is 51.0 Å². The summed E-state index contributed by atoms with van der Waals surface area (Å²) in [6, 6.07) is 14.0. The molecule has 4 aliphatic heterocycles. The second-order valence-electron chi connectivity index (χ2n) is 14.9. The Balaban J connectivity index is 0.971. The largest absolute Gasteiger partial charge is 0.343 e. The second kappa shape index (κ2) is 14.8. The third-order valence-corrected chi connectivity index (χ3v) is 13.2. The van der Waals surface area contributed by atoms with Gasteiger partial charge in [-0.15, -0.1) is 0 Å². The molecule has 12 heteroatoms. The van der Waals surface area contributed by atoms with E-state index in [4.69, 9.17) is 0 Å². The third kappa shape index (κ3) is 7.71. The van der Waals surface area contributed by atoms with Crippen LogP contribution in [-0.2, 0) is 32.1 Å². The Hall–Kier alpha value is -3.90. The highest BCUT2D eigenvalue weighted by molar-refractivity contribution is 7.97. The van der Waals surface area contributed by atoms with Crippen LogP contribution in [0.3, 0.4) is 0 Å². The van der Waals surface area contributed by atoms with E-state index in [2.05, 4.69) is 33.5 Å². The zero-order chi connectivity index (χ0) is 34.8. The van der Waals surface area contributed by atoms with Crippen LogP contribution in [0.2, 0.25) is 0 Å². The van der Waals surface area contributed by atoms with Crippen molar-refractivity contribution < 1.29 is 18.6 Å².